The van der Waals surface area contributed by atoms with Gasteiger partial charge in [-0.15, -0.1) is 0 Å². The number of pyridine rings is 1. The summed E-state index contributed by atoms with van der Waals surface area (Å²) < 4.78 is 1.62. The van der Waals surface area contributed by atoms with E-state index in [1.807, 2.05) is 16.8 Å². The number of carbonyl (C=O) groups excluding carboxylic acids is 1. The lowest BCUT2D eigenvalue weighted by Gasteiger charge is -2.03. The van der Waals surface area contributed by atoms with Gasteiger partial charge in [-0.1, -0.05) is 0 Å². The second-order valence-electron chi connectivity index (χ2n) is 3.79. The van der Waals surface area contributed by atoms with Crippen molar-refractivity contribution in [3.05, 3.63) is 52.6 Å². The molecule has 0 unspecified atom stereocenters. The number of nitrogens with one attached hydrogen (secondary N) is 1. The molecule has 6 heteroatoms. The van der Waals surface area contributed by atoms with Gasteiger partial charge >= 0.3 is 0 Å². The third-order valence-electron chi connectivity index (χ3n) is 2.58. The van der Waals surface area contributed by atoms with Gasteiger partial charge in [-0.25, -0.2) is 9.50 Å². The van der Waals surface area contributed by atoms with Crippen LogP contribution in [-0.2, 0) is 6.54 Å². The third-order valence-corrected chi connectivity index (χ3v) is 3.31. The highest BCUT2D eigenvalue weighted by Gasteiger charge is 2.07. The van der Waals surface area contributed by atoms with Crippen LogP contribution in [0.25, 0.3) is 5.65 Å². The minimum atomic E-state index is -0.105. The van der Waals surface area contributed by atoms with Gasteiger partial charge in [0.05, 0.1) is 0 Å². The van der Waals surface area contributed by atoms with Crippen molar-refractivity contribution in [2.75, 3.05) is 0 Å². The van der Waals surface area contributed by atoms with E-state index in [9.17, 15) is 4.79 Å². The van der Waals surface area contributed by atoms with Crippen molar-refractivity contribution in [3.8, 4) is 0 Å². The molecular weight excluding hydrogens is 248 g/mol. The molecule has 0 saturated heterocycles. The first kappa shape index (κ1) is 10.9. The second-order valence-corrected chi connectivity index (χ2v) is 4.57. The van der Waals surface area contributed by atoms with E-state index < -0.39 is 0 Å². The van der Waals surface area contributed by atoms with Crippen molar-refractivity contribution in [2.24, 2.45) is 0 Å². The summed E-state index contributed by atoms with van der Waals surface area (Å²) in [7, 11) is 0. The lowest BCUT2D eigenvalue weighted by molar-refractivity contribution is 0.0951. The van der Waals surface area contributed by atoms with Crippen LogP contribution in [-0.4, -0.2) is 20.5 Å². The molecule has 5 nitrogen and oxygen atoms in total. The number of nitrogens with zero attached hydrogens (tertiary/aromatic N) is 3. The maximum absolute atomic E-state index is 11.9. The van der Waals surface area contributed by atoms with E-state index in [4.69, 9.17) is 0 Å². The topological polar surface area (TPSA) is 59.3 Å². The Morgan fingerprint density at radius 3 is 3.22 bits per heavy atom. The van der Waals surface area contributed by atoms with Crippen molar-refractivity contribution >= 4 is 22.9 Å². The number of hydrogen-bond acceptors (Lipinski definition) is 4. The smallest absolute Gasteiger partial charge is 0.251 e. The number of aromatic nitrogens is 3. The zero-order valence-corrected chi connectivity index (χ0v) is 10.2. The fourth-order valence-electron chi connectivity index (χ4n) is 1.63. The molecule has 0 saturated carbocycles. The Balaban J connectivity index is 1.75. The molecule has 0 spiro atoms. The van der Waals surface area contributed by atoms with Crippen LogP contribution in [0.2, 0.25) is 0 Å². The summed E-state index contributed by atoms with van der Waals surface area (Å²) in [5.74, 6) is -0.105. The van der Waals surface area contributed by atoms with Crippen LogP contribution in [0.1, 0.15) is 15.9 Å². The van der Waals surface area contributed by atoms with E-state index in [1.54, 1.807) is 34.2 Å². The van der Waals surface area contributed by atoms with Crippen LogP contribution in [0.15, 0.2) is 41.5 Å². The largest absolute Gasteiger partial charge is 0.348 e. The number of thiophene rings is 1. The standard InChI is InChI=1S/C12H10N4OS/c17-12(13-6-9-2-4-18-7-9)10-1-3-16-11(5-10)14-8-15-16/h1-5,7-8H,6H2,(H,13,17). The van der Waals surface area contributed by atoms with Gasteiger partial charge in [0.1, 0.15) is 6.33 Å². The summed E-state index contributed by atoms with van der Waals surface area (Å²) in [5.41, 5.74) is 2.36. The summed E-state index contributed by atoms with van der Waals surface area (Å²) in [6.45, 7) is 0.542. The number of hydrogen-bond donors (Lipinski definition) is 1. The maximum Gasteiger partial charge on any atom is 0.251 e. The Hall–Kier alpha value is -2.21. The minimum Gasteiger partial charge on any atom is -0.348 e. The lowest BCUT2D eigenvalue weighted by Crippen LogP contribution is -2.22. The van der Waals surface area contributed by atoms with Gasteiger partial charge in [0, 0.05) is 18.3 Å². The molecule has 0 bridgehead atoms. The number of rotatable bonds is 3. The van der Waals surface area contributed by atoms with Gasteiger partial charge in [-0.3, -0.25) is 4.79 Å². The summed E-state index contributed by atoms with van der Waals surface area (Å²) in [6, 6.07) is 5.44. The molecule has 0 aliphatic heterocycles. The summed E-state index contributed by atoms with van der Waals surface area (Å²) in [4.78, 5) is 16.0. The van der Waals surface area contributed by atoms with E-state index >= 15 is 0 Å². The quantitative estimate of drug-likeness (QED) is 0.778. The van der Waals surface area contributed by atoms with Crippen molar-refractivity contribution in [2.45, 2.75) is 6.54 Å². The first-order chi connectivity index (χ1) is 8.83. The predicted molar refractivity (Wildman–Crippen MR) is 68.5 cm³/mol. The predicted octanol–water partition coefficient (Wildman–Crippen LogP) is 1.72. The highest BCUT2D eigenvalue weighted by atomic mass is 32.1. The molecule has 90 valence electrons. The van der Waals surface area contributed by atoms with Gasteiger partial charge < -0.3 is 5.32 Å². The van der Waals surface area contributed by atoms with Crippen molar-refractivity contribution in [1.82, 2.24) is 19.9 Å². The molecule has 18 heavy (non-hydrogen) atoms. The molecule has 0 atom stereocenters. The average Bonchev–Trinajstić information content (AvgIpc) is 3.05. The third kappa shape index (κ3) is 2.10. The SMILES string of the molecule is O=C(NCc1ccsc1)c1ccn2ncnc2c1. The molecule has 0 aromatic carbocycles. The molecule has 0 fully saturated rings. The van der Waals surface area contributed by atoms with Crippen molar-refractivity contribution in [3.63, 3.8) is 0 Å². The number of fused-ring (bicyclic) bond motifs is 1. The second kappa shape index (κ2) is 4.58. The van der Waals surface area contributed by atoms with E-state index in [0.717, 1.165) is 5.56 Å². The Labute approximate surface area is 107 Å². The monoisotopic (exact) mass is 258 g/mol. The van der Waals surface area contributed by atoms with E-state index in [-0.39, 0.29) is 5.91 Å². The summed E-state index contributed by atoms with van der Waals surface area (Å²) in [6.07, 6.45) is 3.18. The minimum absolute atomic E-state index is 0.105. The Morgan fingerprint density at radius 1 is 1.44 bits per heavy atom. The van der Waals surface area contributed by atoms with E-state index in [2.05, 4.69) is 15.4 Å². The Morgan fingerprint density at radius 2 is 2.39 bits per heavy atom. The zero-order chi connectivity index (χ0) is 12.4. The van der Waals surface area contributed by atoms with Gasteiger partial charge in [0.25, 0.3) is 5.91 Å². The van der Waals surface area contributed by atoms with E-state index in [1.165, 1.54) is 6.33 Å². The van der Waals surface area contributed by atoms with Crippen LogP contribution in [0.4, 0.5) is 0 Å². The first-order valence-electron chi connectivity index (χ1n) is 5.41. The first-order valence-corrected chi connectivity index (χ1v) is 6.36. The van der Waals surface area contributed by atoms with Crippen LogP contribution >= 0.6 is 11.3 Å². The van der Waals surface area contributed by atoms with Gasteiger partial charge in [-0.2, -0.15) is 16.4 Å². The van der Waals surface area contributed by atoms with Gasteiger partial charge in [0.15, 0.2) is 5.65 Å². The highest BCUT2D eigenvalue weighted by Crippen LogP contribution is 2.07. The lowest BCUT2D eigenvalue weighted by atomic mass is 10.2. The molecule has 0 radical (unpaired) electrons. The molecule has 3 rings (SSSR count). The Kier molecular flexibility index (Phi) is 2.77. The van der Waals surface area contributed by atoms with E-state index in [0.29, 0.717) is 17.8 Å². The molecule has 3 aromatic rings. The van der Waals surface area contributed by atoms with Crippen LogP contribution in [0.3, 0.4) is 0 Å². The van der Waals surface area contributed by atoms with Gasteiger partial charge in [0.2, 0.25) is 0 Å². The molecule has 3 aromatic heterocycles. The average molecular weight is 258 g/mol. The molecule has 0 aliphatic rings. The maximum atomic E-state index is 11.9. The number of carbonyl (C=O) groups is 1. The number of amides is 1. The van der Waals surface area contributed by atoms with Gasteiger partial charge in [-0.05, 0) is 34.5 Å². The molecule has 1 N–H and O–H groups in total. The molecular formula is C12H10N4OS. The molecule has 3 heterocycles. The zero-order valence-electron chi connectivity index (χ0n) is 9.41. The molecule has 1 amide bonds. The normalized spacial score (nSPS) is 10.7. The van der Waals surface area contributed by atoms with Crippen LogP contribution in [0, 0.1) is 0 Å². The fourth-order valence-corrected chi connectivity index (χ4v) is 2.30. The van der Waals surface area contributed by atoms with Crippen LogP contribution < -0.4 is 5.32 Å². The Bertz CT molecular complexity index is 674. The fraction of sp³-hybridized carbons (Fsp3) is 0.0833. The summed E-state index contributed by atoms with van der Waals surface area (Å²) in [5, 5.41) is 10.9. The highest BCUT2D eigenvalue weighted by molar-refractivity contribution is 7.07. The van der Waals surface area contributed by atoms with Crippen molar-refractivity contribution in [1.29, 1.82) is 0 Å². The van der Waals surface area contributed by atoms with Crippen molar-refractivity contribution < 1.29 is 4.79 Å². The summed E-state index contributed by atoms with van der Waals surface area (Å²) >= 11 is 1.62. The van der Waals surface area contributed by atoms with Crippen LogP contribution in [0.5, 0.6) is 0 Å². The molecule has 0 aliphatic carbocycles.